The van der Waals surface area contributed by atoms with Crippen molar-refractivity contribution < 1.29 is 23.4 Å². The number of carbonyl (C=O) groups excluding carboxylic acids is 1. The fourth-order valence-electron chi connectivity index (χ4n) is 4.19. The molecule has 1 amide bonds. The maximum atomic E-state index is 14.1. The molecule has 0 unspecified atom stereocenters. The van der Waals surface area contributed by atoms with Crippen molar-refractivity contribution in [3.8, 4) is 11.5 Å². The summed E-state index contributed by atoms with van der Waals surface area (Å²) in [7, 11) is 3.31. The fourth-order valence-corrected chi connectivity index (χ4v) is 5.04. The topological polar surface area (TPSA) is 84.4 Å². The lowest BCUT2D eigenvalue weighted by atomic mass is 10.1. The highest BCUT2D eigenvalue weighted by molar-refractivity contribution is 7.97. The number of methoxy groups -OCH3 is 2. The van der Waals surface area contributed by atoms with Gasteiger partial charge in [0.1, 0.15) is 17.3 Å². The molecule has 0 aliphatic carbocycles. The quantitative estimate of drug-likeness (QED) is 0.228. The minimum Gasteiger partial charge on any atom is -0.497 e. The molecule has 1 aliphatic rings. The van der Waals surface area contributed by atoms with Crippen LogP contribution in [0.2, 0.25) is 0 Å². The van der Waals surface area contributed by atoms with Crippen molar-refractivity contribution in [2.24, 2.45) is 5.10 Å². The maximum absolute atomic E-state index is 14.1. The fraction of sp³-hybridized carbons (Fsp3) is 0.290. The SMILES string of the molecule is CCOc1cc(OC)ccc1CNSc1cc(NC(=O)Cc2ccccc2F)ccc1N1CC=C(CCOC)C=N1. The third-order valence-corrected chi connectivity index (χ3v) is 7.17. The number of ether oxygens (including phenoxy) is 3. The standard InChI is InChI=1S/C31H35FN4O4S/c1-4-40-29-19-26(39-3)11-9-24(29)21-34-41-30-18-25(35-31(37)17-23-7-5-6-8-27(23)32)10-12-28(30)36-15-13-22(20-33-36)14-16-38-2/h5-13,18-20,34H,4,14-17,21H2,1-3H3,(H,35,37). The third-order valence-electron chi connectivity index (χ3n) is 6.33. The molecule has 8 nitrogen and oxygen atoms in total. The Morgan fingerprint density at radius 3 is 2.68 bits per heavy atom. The predicted molar refractivity (Wildman–Crippen MR) is 162 cm³/mol. The van der Waals surface area contributed by atoms with E-state index in [0.717, 1.165) is 39.6 Å². The van der Waals surface area contributed by atoms with Crippen molar-refractivity contribution in [1.82, 2.24) is 4.72 Å². The Morgan fingerprint density at radius 2 is 1.95 bits per heavy atom. The van der Waals surface area contributed by atoms with E-state index < -0.39 is 5.82 Å². The molecular formula is C31H35FN4O4S. The smallest absolute Gasteiger partial charge is 0.228 e. The molecule has 1 aliphatic heterocycles. The summed E-state index contributed by atoms with van der Waals surface area (Å²) >= 11 is 1.43. The number of rotatable bonds is 14. The largest absolute Gasteiger partial charge is 0.497 e. The molecule has 1 heterocycles. The Hall–Kier alpha value is -3.86. The zero-order valence-electron chi connectivity index (χ0n) is 23.5. The minimum absolute atomic E-state index is 0.0573. The van der Waals surface area contributed by atoms with E-state index in [-0.39, 0.29) is 12.3 Å². The third kappa shape index (κ3) is 8.56. The van der Waals surface area contributed by atoms with Crippen LogP contribution in [0, 0.1) is 5.82 Å². The summed E-state index contributed by atoms with van der Waals surface area (Å²) in [5.41, 5.74) is 3.94. The molecule has 0 fully saturated rings. The van der Waals surface area contributed by atoms with Gasteiger partial charge >= 0.3 is 0 Å². The first-order valence-electron chi connectivity index (χ1n) is 13.4. The monoisotopic (exact) mass is 578 g/mol. The highest BCUT2D eigenvalue weighted by atomic mass is 32.2. The second kappa shape index (κ2) is 15.2. The van der Waals surface area contributed by atoms with Gasteiger partial charge in [-0.1, -0.05) is 30.3 Å². The van der Waals surface area contributed by atoms with Gasteiger partial charge in [-0.05, 0) is 66.8 Å². The number of benzene rings is 3. The number of nitrogens with one attached hydrogen (secondary N) is 2. The first-order valence-corrected chi connectivity index (χ1v) is 14.2. The van der Waals surface area contributed by atoms with Crippen molar-refractivity contribution in [3.63, 3.8) is 0 Å². The Labute approximate surface area is 244 Å². The van der Waals surface area contributed by atoms with E-state index in [9.17, 15) is 9.18 Å². The van der Waals surface area contributed by atoms with Gasteiger partial charge in [-0.25, -0.2) is 4.39 Å². The van der Waals surface area contributed by atoms with Gasteiger partial charge in [-0.15, -0.1) is 0 Å². The van der Waals surface area contributed by atoms with Crippen molar-refractivity contribution in [3.05, 3.63) is 89.3 Å². The van der Waals surface area contributed by atoms with Gasteiger partial charge in [0, 0.05) is 31.0 Å². The Balaban J connectivity index is 1.51. The van der Waals surface area contributed by atoms with E-state index in [1.165, 1.54) is 18.0 Å². The second-order valence-electron chi connectivity index (χ2n) is 9.18. The highest BCUT2D eigenvalue weighted by Gasteiger charge is 2.16. The summed E-state index contributed by atoms with van der Waals surface area (Å²) in [5, 5.41) is 9.46. The molecule has 216 valence electrons. The lowest BCUT2D eigenvalue weighted by Gasteiger charge is -2.24. The summed E-state index contributed by atoms with van der Waals surface area (Å²) in [5.74, 6) is 0.785. The molecule has 0 atom stereocenters. The van der Waals surface area contributed by atoms with Crippen molar-refractivity contribution in [1.29, 1.82) is 0 Å². The van der Waals surface area contributed by atoms with Crippen LogP contribution in [0.5, 0.6) is 11.5 Å². The lowest BCUT2D eigenvalue weighted by molar-refractivity contribution is -0.115. The molecule has 4 rings (SSSR count). The summed E-state index contributed by atoms with van der Waals surface area (Å²) in [6.45, 7) is 4.25. The molecule has 0 saturated carbocycles. The van der Waals surface area contributed by atoms with Gasteiger partial charge in [0.15, 0.2) is 0 Å². The van der Waals surface area contributed by atoms with Crippen LogP contribution in [-0.2, 0) is 22.5 Å². The molecule has 41 heavy (non-hydrogen) atoms. The zero-order valence-corrected chi connectivity index (χ0v) is 24.3. The maximum Gasteiger partial charge on any atom is 0.228 e. The van der Waals surface area contributed by atoms with E-state index in [1.807, 2.05) is 54.5 Å². The number of carbonyl (C=O) groups is 1. The molecule has 10 heteroatoms. The Bertz CT molecular complexity index is 1400. The van der Waals surface area contributed by atoms with Crippen LogP contribution in [0.4, 0.5) is 15.8 Å². The summed E-state index contributed by atoms with van der Waals surface area (Å²) in [6.07, 6.45) is 4.72. The molecule has 3 aromatic rings. The first-order chi connectivity index (χ1) is 20.0. The number of nitrogens with zero attached hydrogens (tertiary/aromatic N) is 2. The van der Waals surface area contributed by atoms with Crippen LogP contribution in [0.15, 0.2) is 82.3 Å². The van der Waals surface area contributed by atoms with Crippen LogP contribution in [0.25, 0.3) is 0 Å². The van der Waals surface area contributed by atoms with E-state index >= 15 is 0 Å². The number of hydrogen-bond acceptors (Lipinski definition) is 8. The van der Waals surface area contributed by atoms with Gasteiger partial charge in [0.25, 0.3) is 0 Å². The van der Waals surface area contributed by atoms with Crippen LogP contribution in [-0.4, -0.2) is 46.1 Å². The van der Waals surface area contributed by atoms with Crippen LogP contribution < -0.4 is 24.5 Å². The molecule has 2 N–H and O–H groups in total. The molecular weight excluding hydrogens is 543 g/mol. The van der Waals surface area contributed by atoms with Crippen molar-refractivity contribution in [2.45, 2.75) is 31.2 Å². The van der Waals surface area contributed by atoms with E-state index in [0.29, 0.717) is 37.6 Å². The van der Waals surface area contributed by atoms with Crippen molar-refractivity contribution >= 4 is 35.4 Å². The predicted octanol–water partition coefficient (Wildman–Crippen LogP) is 5.98. The van der Waals surface area contributed by atoms with Gasteiger partial charge in [-0.3, -0.25) is 14.5 Å². The highest BCUT2D eigenvalue weighted by Crippen LogP contribution is 2.34. The molecule has 0 aromatic heterocycles. The number of amides is 1. The Morgan fingerprint density at radius 1 is 1.10 bits per heavy atom. The summed E-state index contributed by atoms with van der Waals surface area (Å²) < 4.78 is 33.8. The van der Waals surface area contributed by atoms with Crippen LogP contribution >= 0.6 is 11.9 Å². The lowest BCUT2D eigenvalue weighted by Crippen LogP contribution is -2.22. The molecule has 0 spiro atoms. The Kier molecular flexibility index (Phi) is 11.2. The molecule has 0 bridgehead atoms. The minimum atomic E-state index is -0.399. The number of anilines is 2. The zero-order chi connectivity index (χ0) is 29.0. The number of halogens is 1. The van der Waals surface area contributed by atoms with Gasteiger partial charge < -0.3 is 19.5 Å². The van der Waals surface area contributed by atoms with E-state index in [2.05, 4.69) is 21.2 Å². The molecule has 3 aromatic carbocycles. The van der Waals surface area contributed by atoms with Gasteiger partial charge in [0.05, 0.1) is 50.1 Å². The molecule has 0 radical (unpaired) electrons. The van der Waals surface area contributed by atoms with Crippen LogP contribution in [0.1, 0.15) is 24.5 Å². The average Bonchev–Trinajstić information content (AvgIpc) is 2.98. The second-order valence-corrected chi connectivity index (χ2v) is 10.1. The summed E-state index contributed by atoms with van der Waals surface area (Å²) in [4.78, 5) is 13.6. The first kappa shape index (κ1) is 30.1. The van der Waals surface area contributed by atoms with Gasteiger partial charge in [-0.2, -0.15) is 5.10 Å². The van der Waals surface area contributed by atoms with E-state index in [4.69, 9.17) is 14.2 Å². The normalized spacial score (nSPS) is 12.7. The van der Waals surface area contributed by atoms with Crippen molar-refractivity contribution in [2.75, 3.05) is 44.3 Å². The number of hydrogen-bond donors (Lipinski definition) is 2. The van der Waals surface area contributed by atoms with Gasteiger partial charge in [0.2, 0.25) is 5.91 Å². The number of hydrazone groups is 1. The van der Waals surface area contributed by atoms with Crippen LogP contribution in [0.3, 0.4) is 0 Å². The average molecular weight is 579 g/mol. The van der Waals surface area contributed by atoms with E-state index in [1.54, 1.807) is 32.4 Å². The summed E-state index contributed by atoms with van der Waals surface area (Å²) in [6, 6.07) is 17.7. The molecule has 0 saturated heterocycles.